The molecule has 1 spiro atoms. The van der Waals surface area contributed by atoms with Crippen molar-refractivity contribution in [3.8, 4) is 0 Å². The Bertz CT molecular complexity index is 1280. The molecule has 1 N–H and O–H groups in total. The molecule has 5 saturated carbocycles. The summed E-state index contributed by atoms with van der Waals surface area (Å²) in [7, 11) is 9.01. The maximum Gasteiger partial charge on any atom is 0.338 e. The number of carbonyl (C=O) groups excluding carboxylic acids is 2. The van der Waals surface area contributed by atoms with Gasteiger partial charge in [0.25, 0.3) is 0 Å². The molecule has 6 fully saturated rings. The van der Waals surface area contributed by atoms with Crippen molar-refractivity contribution in [3.63, 3.8) is 0 Å². The van der Waals surface area contributed by atoms with E-state index in [1.165, 1.54) is 6.92 Å². The maximum absolute atomic E-state index is 13.7. The summed E-state index contributed by atoms with van der Waals surface area (Å²) in [4.78, 5) is 29.2. The number of likely N-dealkylation sites (tertiary alicyclic amines) is 1. The van der Waals surface area contributed by atoms with Gasteiger partial charge < -0.3 is 38.4 Å². The number of rotatable bonds is 8. The number of methoxy groups -OCH3 is 4. The third-order valence-electron chi connectivity index (χ3n) is 12.7. The molecule has 7 bridgehead atoms. The molecule has 0 radical (unpaired) electrons. The summed E-state index contributed by atoms with van der Waals surface area (Å²) in [5.41, 5.74) is -2.88. The van der Waals surface area contributed by atoms with Crippen molar-refractivity contribution in [2.45, 2.75) is 74.3 Å². The molecule has 10 nitrogen and oxygen atoms in total. The van der Waals surface area contributed by atoms with Crippen LogP contribution in [0.1, 0.15) is 43.0 Å². The minimum Gasteiger partial charge on any atom is -0.458 e. The molecular formula is C33H45NO9. The summed E-state index contributed by atoms with van der Waals surface area (Å²) in [5, 5.41) is 12.7. The Morgan fingerprint density at radius 3 is 2.35 bits per heavy atom. The predicted octanol–water partition coefficient (Wildman–Crippen LogP) is 2.32. The maximum atomic E-state index is 13.7. The Morgan fingerprint density at radius 2 is 1.72 bits per heavy atom. The smallest absolute Gasteiger partial charge is 0.338 e. The average molecular weight is 600 g/mol. The molecular weight excluding hydrogens is 554 g/mol. The van der Waals surface area contributed by atoms with E-state index >= 15 is 0 Å². The van der Waals surface area contributed by atoms with Crippen LogP contribution in [-0.2, 0) is 33.2 Å². The predicted molar refractivity (Wildman–Crippen MR) is 153 cm³/mol. The number of hydrogen-bond acceptors (Lipinski definition) is 10. The van der Waals surface area contributed by atoms with Gasteiger partial charge in [-0.25, -0.2) is 4.79 Å². The number of piperidine rings is 1. The second-order valence-electron chi connectivity index (χ2n) is 14.1. The van der Waals surface area contributed by atoms with Gasteiger partial charge in [-0.15, -0.1) is 0 Å². The quantitative estimate of drug-likeness (QED) is 0.447. The Balaban J connectivity index is 1.48. The molecule has 1 aromatic rings. The summed E-state index contributed by atoms with van der Waals surface area (Å²) >= 11 is 0. The average Bonchev–Trinajstić information content (AvgIpc) is 3.37. The molecule has 0 aromatic heterocycles. The van der Waals surface area contributed by atoms with E-state index in [0.29, 0.717) is 18.6 Å². The number of esters is 2. The first-order valence-electron chi connectivity index (χ1n) is 15.5. The van der Waals surface area contributed by atoms with E-state index in [2.05, 4.69) is 11.9 Å². The van der Waals surface area contributed by atoms with Gasteiger partial charge in [-0.2, -0.15) is 0 Å². The molecule has 1 aromatic carbocycles. The van der Waals surface area contributed by atoms with Crippen LogP contribution in [-0.4, -0.2) is 112 Å². The largest absolute Gasteiger partial charge is 0.458 e. The van der Waals surface area contributed by atoms with Crippen molar-refractivity contribution < 1.29 is 43.1 Å². The van der Waals surface area contributed by atoms with Gasteiger partial charge >= 0.3 is 11.9 Å². The van der Waals surface area contributed by atoms with Gasteiger partial charge in [0.2, 0.25) is 0 Å². The Kier molecular flexibility index (Phi) is 6.86. The highest BCUT2D eigenvalue weighted by molar-refractivity contribution is 5.89. The molecule has 43 heavy (non-hydrogen) atoms. The zero-order chi connectivity index (χ0) is 30.5. The standard InChI is InChI=1S/C33H45NO9/c1-18(35)43-32-15-22(40-5)31(37)14-20(23(32)28(31)42-29(36)19-10-8-7-9-11-19)33-21(39-4)12-13-30(17-38-3)16-34(2)27(33)24(32)25(41-6)26(30)33/h7-11,20-28,37H,12-17H2,1-6H3/t20-,21+,22+,23-,24?,25+,26-,27?,28?,30+,31+,32-,33?/m1/s1. The number of aliphatic hydroxyl groups is 1. The van der Waals surface area contributed by atoms with Crippen LogP contribution in [0.2, 0.25) is 0 Å². The zero-order valence-corrected chi connectivity index (χ0v) is 26.0. The van der Waals surface area contributed by atoms with Crippen molar-refractivity contribution in [2.24, 2.45) is 34.5 Å². The van der Waals surface area contributed by atoms with E-state index in [1.54, 1.807) is 52.7 Å². The molecule has 13 atom stereocenters. The highest BCUT2D eigenvalue weighted by Gasteiger charge is 2.89. The topological polar surface area (TPSA) is 113 Å². The van der Waals surface area contributed by atoms with Gasteiger partial charge in [-0.05, 0) is 44.4 Å². The Morgan fingerprint density at radius 1 is 1.00 bits per heavy atom. The number of hydrogen-bond donors (Lipinski definition) is 1. The molecule has 236 valence electrons. The van der Waals surface area contributed by atoms with Gasteiger partial charge in [0.15, 0.2) is 0 Å². The number of benzene rings is 1. The van der Waals surface area contributed by atoms with E-state index in [1.807, 2.05) is 6.07 Å². The summed E-state index contributed by atoms with van der Waals surface area (Å²) in [6.45, 7) is 2.82. The lowest BCUT2D eigenvalue weighted by Gasteiger charge is -2.69. The molecule has 1 heterocycles. The molecule has 10 heteroatoms. The van der Waals surface area contributed by atoms with Crippen LogP contribution in [0.25, 0.3) is 0 Å². The first-order valence-corrected chi connectivity index (χ1v) is 15.5. The minimum absolute atomic E-state index is 0.0201. The normalized spacial score (nSPS) is 49.0. The van der Waals surface area contributed by atoms with Gasteiger partial charge in [0, 0.05) is 83.0 Å². The number of carbonyl (C=O) groups is 2. The van der Waals surface area contributed by atoms with E-state index in [0.717, 1.165) is 19.4 Å². The highest BCUT2D eigenvalue weighted by atomic mass is 16.6. The highest BCUT2D eigenvalue weighted by Crippen LogP contribution is 2.80. The van der Waals surface area contributed by atoms with Gasteiger partial charge in [-0.1, -0.05) is 18.2 Å². The Labute approximate surface area is 253 Å². The van der Waals surface area contributed by atoms with Crippen molar-refractivity contribution in [1.29, 1.82) is 0 Å². The lowest BCUT2D eigenvalue weighted by molar-refractivity contribution is -0.285. The molecule has 5 aliphatic carbocycles. The van der Waals surface area contributed by atoms with Gasteiger partial charge in [0.1, 0.15) is 17.3 Å². The van der Waals surface area contributed by atoms with Crippen LogP contribution in [0.4, 0.5) is 0 Å². The van der Waals surface area contributed by atoms with Gasteiger partial charge in [0.05, 0.1) is 30.5 Å². The van der Waals surface area contributed by atoms with Crippen LogP contribution in [0.5, 0.6) is 0 Å². The van der Waals surface area contributed by atoms with E-state index in [-0.39, 0.29) is 47.8 Å². The number of fused-ring (bicyclic) bond motifs is 2. The fraction of sp³-hybridized carbons (Fsp3) is 0.758. The Hall–Kier alpha value is -2.08. The van der Waals surface area contributed by atoms with Crippen LogP contribution < -0.4 is 0 Å². The number of ether oxygens (including phenoxy) is 6. The third kappa shape index (κ3) is 3.51. The van der Waals surface area contributed by atoms with Crippen molar-refractivity contribution in [3.05, 3.63) is 35.9 Å². The van der Waals surface area contributed by atoms with Crippen LogP contribution in [0.15, 0.2) is 30.3 Å². The summed E-state index contributed by atoms with van der Waals surface area (Å²) < 4.78 is 38.0. The van der Waals surface area contributed by atoms with Crippen LogP contribution in [0, 0.1) is 34.5 Å². The lowest BCUT2D eigenvalue weighted by atomic mass is 9.43. The van der Waals surface area contributed by atoms with E-state index < -0.39 is 46.7 Å². The molecule has 1 saturated heterocycles. The summed E-state index contributed by atoms with van der Waals surface area (Å²) in [6.07, 6.45) is 0.272. The second-order valence-corrected chi connectivity index (χ2v) is 14.1. The monoisotopic (exact) mass is 599 g/mol. The van der Waals surface area contributed by atoms with Gasteiger partial charge in [-0.3, -0.25) is 4.79 Å². The fourth-order valence-corrected chi connectivity index (χ4v) is 12.2. The third-order valence-corrected chi connectivity index (χ3v) is 12.7. The zero-order valence-electron chi connectivity index (χ0n) is 26.0. The lowest BCUT2D eigenvalue weighted by Crippen LogP contribution is -2.77. The second kappa shape index (κ2) is 9.96. The van der Waals surface area contributed by atoms with Crippen LogP contribution in [0.3, 0.4) is 0 Å². The van der Waals surface area contributed by atoms with Crippen molar-refractivity contribution in [1.82, 2.24) is 4.90 Å². The first kappa shape index (κ1) is 29.6. The molecule has 4 unspecified atom stereocenters. The molecule has 0 amide bonds. The van der Waals surface area contributed by atoms with Crippen LogP contribution >= 0.6 is 0 Å². The van der Waals surface area contributed by atoms with Crippen molar-refractivity contribution in [2.75, 3.05) is 48.6 Å². The summed E-state index contributed by atoms with van der Waals surface area (Å²) in [6, 6.07) is 8.77. The molecule has 6 aliphatic rings. The summed E-state index contributed by atoms with van der Waals surface area (Å²) in [5.74, 6) is -1.87. The molecule has 1 aliphatic heterocycles. The van der Waals surface area contributed by atoms with Crippen molar-refractivity contribution >= 4 is 11.9 Å². The fourth-order valence-electron chi connectivity index (χ4n) is 12.2. The first-order chi connectivity index (χ1) is 20.6. The SMILES string of the molecule is COC[C@@]12CC[C@H](OC)C34C(C([C@H](OC)[C@@H]31)[C@@]1(OC(C)=O)C[C@H](OC)[C@@]3(O)C[C@@H]4[C@@H]1C3OC(=O)c1ccccc1)N(C)C2. The number of nitrogens with zero attached hydrogens (tertiary/aromatic N) is 1. The van der Waals surface area contributed by atoms with E-state index in [9.17, 15) is 14.7 Å². The minimum atomic E-state index is -1.48. The van der Waals surface area contributed by atoms with E-state index in [4.69, 9.17) is 28.4 Å². The molecule has 7 rings (SSSR count).